The van der Waals surface area contributed by atoms with Gasteiger partial charge in [-0.3, -0.25) is 9.69 Å². The monoisotopic (exact) mass is 349 g/mol. The van der Waals surface area contributed by atoms with E-state index in [-0.39, 0.29) is 5.91 Å². The van der Waals surface area contributed by atoms with Gasteiger partial charge in [-0.05, 0) is 57.5 Å². The van der Waals surface area contributed by atoms with E-state index < -0.39 is 5.82 Å². The van der Waals surface area contributed by atoms with Crippen LogP contribution in [-0.4, -0.2) is 60.6 Å². The predicted molar refractivity (Wildman–Crippen MR) is 95.3 cm³/mol. The van der Waals surface area contributed by atoms with Crippen LogP contribution in [0.2, 0.25) is 0 Å². The third-order valence-corrected chi connectivity index (χ3v) is 5.25. The molecule has 2 saturated heterocycles. The molecular formula is C19H28FN3O2. The summed E-state index contributed by atoms with van der Waals surface area (Å²) in [4.78, 5) is 17.1. The molecule has 0 aliphatic carbocycles. The molecule has 2 heterocycles. The Kier molecular flexibility index (Phi) is 5.91. The number of piperidine rings is 1. The van der Waals surface area contributed by atoms with E-state index in [1.165, 1.54) is 37.5 Å². The number of carbonyl (C=O) groups is 1. The number of hydrogen-bond donors (Lipinski definition) is 1. The van der Waals surface area contributed by atoms with Crippen LogP contribution < -0.4 is 10.5 Å². The van der Waals surface area contributed by atoms with Crippen molar-refractivity contribution in [3.63, 3.8) is 0 Å². The van der Waals surface area contributed by atoms with E-state index in [1.54, 1.807) is 4.90 Å². The predicted octanol–water partition coefficient (Wildman–Crippen LogP) is 2.25. The van der Waals surface area contributed by atoms with Gasteiger partial charge in [-0.2, -0.15) is 0 Å². The Balaban J connectivity index is 1.62. The highest BCUT2D eigenvalue weighted by atomic mass is 19.1. The van der Waals surface area contributed by atoms with Crippen molar-refractivity contribution < 1.29 is 13.9 Å². The minimum atomic E-state index is -0.420. The van der Waals surface area contributed by atoms with Crippen molar-refractivity contribution in [2.24, 2.45) is 5.73 Å². The van der Waals surface area contributed by atoms with Crippen LogP contribution >= 0.6 is 0 Å². The summed E-state index contributed by atoms with van der Waals surface area (Å²) in [5, 5.41) is 0. The van der Waals surface area contributed by atoms with Crippen molar-refractivity contribution in [1.82, 2.24) is 9.80 Å². The SMILES string of the molecule is C[C@H]1CCCCN1C1CN(C(=O)c2cc(F)ccc2OCCCN)C1. The molecule has 3 rings (SSSR count). The number of nitrogens with zero attached hydrogens (tertiary/aromatic N) is 2. The maximum atomic E-state index is 13.6. The van der Waals surface area contributed by atoms with Gasteiger partial charge in [0.15, 0.2) is 0 Å². The number of ether oxygens (including phenoxy) is 1. The first-order chi connectivity index (χ1) is 12.1. The molecule has 0 aromatic heterocycles. The lowest BCUT2D eigenvalue weighted by Crippen LogP contribution is -2.63. The fraction of sp³-hybridized carbons (Fsp3) is 0.632. The summed E-state index contributed by atoms with van der Waals surface area (Å²) in [5.74, 6) is -0.131. The van der Waals surface area contributed by atoms with Crippen LogP contribution in [0.3, 0.4) is 0 Å². The summed E-state index contributed by atoms with van der Waals surface area (Å²) in [6.45, 7) is 5.74. The molecule has 1 atom stereocenters. The molecule has 25 heavy (non-hydrogen) atoms. The van der Waals surface area contributed by atoms with Crippen LogP contribution in [-0.2, 0) is 0 Å². The van der Waals surface area contributed by atoms with Crippen molar-refractivity contribution >= 4 is 5.91 Å². The normalized spacial score (nSPS) is 21.9. The van der Waals surface area contributed by atoms with Gasteiger partial charge in [0.25, 0.3) is 5.91 Å². The molecule has 6 heteroatoms. The Morgan fingerprint density at radius 2 is 2.16 bits per heavy atom. The van der Waals surface area contributed by atoms with E-state index in [1.807, 2.05) is 0 Å². The molecule has 2 N–H and O–H groups in total. The molecule has 0 bridgehead atoms. The second-order valence-electron chi connectivity index (χ2n) is 7.08. The molecule has 2 aliphatic heterocycles. The molecule has 5 nitrogen and oxygen atoms in total. The summed E-state index contributed by atoms with van der Waals surface area (Å²) in [7, 11) is 0. The van der Waals surface area contributed by atoms with Crippen LogP contribution in [0.5, 0.6) is 5.75 Å². The van der Waals surface area contributed by atoms with Gasteiger partial charge in [-0.15, -0.1) is 0 Å². The average Bonchev–Trinajstić information content (AvgIpc) is 2.56. The fourth-order valence-electron chi connectivity index (χ4n) is 3.72. The highest BCUT2D eigenvalue weighted by molar-refractivity contribution is 5.97. The number of carbonyl (C=O) groups excluding carboxylic acids is 1. The number of hydrogen-bond acceptors (Lipinski definition) is 4. The van der Waals surface area contributed by atoms with Crippen molar-refractivity contribution in [1.29, 1.82) is 0 Å². The van der Waals surface area contributed by atoms with E-state index in [9.17, 15) is 9.18 Å². The number of halogens is 1. The van der Waals surface area contributed by atoms with Crippen molar-refractivity contribution in [3.8, 4) is 5.75 Å². The van der Waals surface area contributed by atoms with Crippen molar-refractivity contribution in [2.75, 3.05) is 32.8 Å². The maximum absolute atomic E-state index is 13.6. The molecule has 1 aromatic rings. The van der Waals surface area contributed by atoms with Crippen molar-refractivity contribution in [3.05, 3.63) is 29.6 Å². The fourth-order valence-corrected chi connectivity index (χ4v) is 3.72. The van der Waals surface area contributed by atoms with Gasteiger partial charge in [-0.25, -0.2) is 4.39 Å². The molecule has 2 fully saturated rings. The van der Waals surface area contributed by atoms with E-state index >= 15 is 0 Å². The largest absolute Gasteiger partial charge is 0.493 e. The molecular weight excluding hydrogens is 321 g/mol. The lowest BCUT2D eigenvalue weighted by molar-refractivity contribution is 0.00192. The molecule has 0 unspecified atom stereocenters. The highest BCUT2D eigenvalue weighted by Crippen LogP contribution is 2.28. The molecule has 2 aliphatic rings. The maximum Gasteiger partial charge on any atom is 0.257 e. The van der Waals surface area contributed by atoms with E-state index in [2.05, 4.69) is 11.8 Å². The lowest BCUT2D eigenvalue weighted by Gasteiger charge is -2.49. The Morgan fingerprint density at radius 3 is 2.88 bits per heavy atom. The second-order valence-corrected chi connectivity index (χ2v) is 7.08. The molecule has 138 valence electrons. The lowest BCUT2D eigenvalue weighted by atomic mass is 9.97. The summed E-state index contributed by atoms with van der Waals surface area (Å²) >= 11 is 0. The molecule has 1 aromatic carbocycles. The van der Waals surface area contributed by atoms with Gasteiger partial charge in [-0.1, -0.05) is 6.42 Å². The minimum Gasteiger partial charge on any atom is -0.493 e. The number of benzene rings is 1. The molecule has 0 spiro atoms. The van der Waals surface area contributed by atoms with Crippen LogP contribution in [0.25, 0.3) is 0 Å². The first kappa shape index (κ1) is 18.1. The van der Waals surface area contributed by atoms with Crippen molar-refractivity contribution in [2.45, 2.75) is 44.7 Å². The smallest absolute Gasteiger partial charge is 0.257 e. The zero-order chi connectivity index (χ0) is 17.8. The van der Waals surface area contributed by atoms with Gasteiger partial charge in [0.05, 0.1) is 12.2 Å². The Hall–Kier alpha value is -1.66. The van der Waals surface area contributed by atoms with Gasteiger partial charge < -0.3 is 15.4 Å². The minimum absolute atomic E-state index is 0.150. The van der Waals surface area contributed by atoms with E-state index in [4.69, 9.17) is 10.5 Å². The Bertz CT molecular complexity index is 604. The molecule has 0 saturated carbocycles. The zero-order valence-corrected chi connectivity index (χ0v) is 14.9. The van der Waals surface area contributed by atoms with Gasteiger partial charge in [0.1, 0.15) is 11.6 Å². The summed E-state index contributed by atoms with van der Waals surface area (Å²) in [5.41, 5.74) is 5.78. The van der Waals surface area contributed by atoms with Crippen LogP contribution in [0.15, 0.2) is 18.2 Å². The van der Waals surface area contributed by atoms with Gasteiger partial charge in [0.2, 0.25) is 0 Å². The quantitative estimate of drug-likeness (QED) is 0.801. The summed E-state index contributed by atoms with van der Waals surface area (Å²) in [6.07, 6.45) is 4.45. The summed E-state index contributed by atoms with van der Waals surface area (Å²) < 4.78 is 19.3. The van der Waals surface area contributed by atoms with Crippen LogP contribution in [0, 0.1) is 5.82 Å². The highest BCUT2D eigenvalue weighted by Gasteiger charge is 2.38. The first-order valence-corrected chi connectivity index (χ1v) is 9.27. The zero-order valence-electron chi connectivity index (χ0n) is 14.9. The average molecular weight is 349 g/mol. The van der Waals surface area contributed by atoms with Gasteiger partial charge >= 0.3 is 0 Å². The Labute approximate surface area is 148 Å². The number of nitrogens with two attached hydrogens (primary N) is 1. The second kappa shape index (κ2) is 8.15. The number of amides is 1. The van der Waals surface area contributed by atoms with Crippen LogP contribution in [0.1, 0.15) is 43.0 Å². The number of rotatable bonds is 6. The van der Waals surface area contributed by atoms with E-state index in [0.717, 1.165) is 6.54 Å². The molecule has 0 radical (unpaired) electrons. The first-order valence-electron chi connectivity index (χ1n) is 9.27. The van der Waals surface area contributed by atoms with Gasteiger partial charge in [0, 0.05) is 25.2 Å². The molecule has 1 amide bonds. The standard InChI is InChI=1S/C19H28FN3O2/c1-14-5-2-3-9-23(14)16-12-22(13-16)19(24)17-11-15(20)6-7-18(17)25-10-4-8-21/h6-7,11,14,16H,2-5,8-10,12-13,21H2,1H3/t14-/m0/s1. The third-order valence-electron chi connectivity index (χ3n) is 5.25. The van der Waals surface area contributed by atoms with E-state index in [0.29, 0.717) is 56.1 Å². The Morgan fingerprint density at radius 1 is 1.36 bits per heavy atom. The third kappa shape index (κ3) is 4.12. The van der Waals surface area contributed by atoms with Crippen LogP contribution in [0.4, 0.5) is 4.39 Å². The topological polar surface area (TPSA) is 58.8 Å². The summed E-state index contributed by atoms with van der Waals surface area (Å²) in [6, 6.07) is 5.14. The number of likely N-dealkylation sites (tertiary alicyclic amines) is 2.